The van der Waals surface area contributed by atoms with Gasteiger partial charge in [-0.25, -0.2) is 10.8 Å². The molecule has 0 saturated heterocycles. The number of hydrogen-bond acceptors (Lipinski definition) is 5. The monoisotopic (exact) mass is 283 g/mol. The summed E-state index contributed by atoms with van der Waals surface area (Å²) in [5.41, 5.74) is 2.43. The lowest BCUT2D eigenvalue weighted by molar-refractivity contribution is 0.318. The van der Waals surface area contributed by atoms with Gasteiger partial charge in [0.05, 0.1) is 6.20 Å². The van der Waals surface area contributed by atoms with Crippen LogP contribution >= 0.6 is 11.6 Å². The molecule has 1 aromatic heterocycles. The van der Waals surface area contributed by atoms with Gasteiger partial charge in [0, 0.05) is 6.04 Å². The summed E-state index contributed by atoms with van der Waals surface area (Å²) in [7, 11) is 0. The number of anilines is 2. The molecule has 2 rings (SSSR count). The quantitative estimate of drug-likeness (QED) is 0.571. The molecular weight excluding hydrogens is 262 g/mol. The zero-order valence-electron chi connectivity index (χ0n) is 11.3. The van der Waals surface area contributed by atoms with Crippen molar-refractivity contribution in [3.8, 4) is 0 Å². The summed E-state index contributed by atoms with van der Waals surface area (Å²) in [5, 5.41) is 3.94. The number of nitrogen functional groups attached to an aromatic ring is 1. The van der Waals surface area contributed by atoms with Crippen molar-refractivity contribution in [1.82, 2.24) is 9.97 Å². The summed E-state index contributed by atoms with van der Waals surface area (Å²) in [6.45, 7) is 2.26. The molecule has 0 amide bonds. The van der Waals surface area contributed by atoms with E-state index in [9.17, 15) is 0 Å². The average molecular weight is 284 g/mol. The van der Waals surface area contributed by atoms with E-state index in [0.717, 1.165) is 5.92 Å². The van der Waals surface area contributed by atoms with Crippen molar-refractivity contribution in [2.45, 2.75) is 51.5 Å². The molecule has 1 aromatic rings. The van der Waals surface area contributed by atoms with E-state index in [4.69, 9.17) is 17.4 Å². The first kappa shape index (κ1) is 14.3. The maximum atomic E-state index is 6.09. The first-order valence-corrected chi connectivity index (χ1v) is 7.36. The SMILES string of the molecule is CCCC1CCC(Nc2nc(NN)ncc2Cl)CC1. The zero-order chi connectivity index (χ0) is 13.7. The molecule has 0 bridgehead atoms. The molecule has 19 heavy (non-hydrogen) atoms. The molecule has 1 aliphatic carbocycles. The highest BCUT2D eigenvalue weighted by molar-refractivity contribution is 6.32. The Labute approximate surface area is 119 Å². The van der Waals surface area contributed by atoms with Gasteiger partial charge in [0.25, 0.3) is 0 Å². The molecule has 5 nitrogen and oxygen atoms in total. The van der Waals surface area contributed by atoms with Gasteiger partial charge < -0.3 is 5.32 Å². The topological polar surface area (TPSA) is 75.9 Å². The summed E-state index contributed by atoms with van der Waals surface area (Å²) in [4.78, 5) is 8.22. The number of nitrogens with one attached hydrogen (secondary N) is 2. The molecule has 0 aliphatic heterocycles. The van der Waals surface area contributed by atoms with Crippen LogP contribution in [0.15, 0.2) is 6.20 Å². The van der Waals surface area contributed by atoms with Crippen LogP contribution in [0.1, 0.15) is 45.4 Å². The number of hydrazine groups is 1. The van der Waals surface area contributed by atoms with Crippen LogP contribution in [0, 0.1) is 5.92 Å². The number of aromatic nitrogens is 2. The van der Waals surface area contributed by atoms with Gasteiger partial charge in [-0.3, -0.25) is 5.43 Å². The van der Waals surface area contributed by atoms with Crippen LogP contribution in [0.2, 0.25) is 5.02 Å². The minimum Gasteiger partial charge on any atom is -0.366 e. The molecule has 6 heteroatoms. The maximum Gasteiger partial charge on any atom is 0.239 e. The summed E-state index contributed by atoms with van der Waals surface area (Å²) < 4.78 is 0. The van der Waals surface area contributed by atoms with Crippen LogP contribution in [0.3, 0.4) is 0 Å². The van der Waals surface area contributed by atoms with E-state index in [1.54, 1.807) is 6.20 Å². The third-order valence-electron chi connectivity index (χ3n) is 3.76. The van der Waals surface area contributed by atoms with Gasteiger partial charge in [0.1, 0.15) is 5.02 Å². The Morgan fingerprint density at radius 3 is 2.74 bits per heavy atom. The van der Waals surface area contributed by atoms with Gasteiger partial charge in [0.15, 0.2) is 5.82 Å². The van der Waals surface area contributed by atoms with E-state index in [-0.39, 0.29) is 0 Å². The lowest BCUT2D eigenvalue weighted by Gasteiger charge is -2.29. The minimum atomic E-state index is 0.381. The van der Waals surface area contributed by atoms with E-state index in [1.165, 1.54) is 38.5 Å². The summed E-state index contributed by atoms with van der Waals surface area (Å²) in [6.07, 6.45) is 9.13. The molecule has 1 aliphatic rings. The minimum absolute atomic E-state index is 0.381. The van der Waals surface area contributed by atoms with Crippen LogP contribution in [0.4, 0.5) is 11.8 Å². The van der Waals surface area contributed by atoms with Gasteiger partial charge in [-0.15, -0.1) is 0 Å². The van der Waals surface area contributed by atoms with Crippen molar-refractivity contribution in [3.05, 3.63) is 11.2 Å². The van der Waals surface area contributed by atoms with Gasteiger partial charge in [0.2, 0.25) is 5.95 Å². The van der Waals surface area contributed by atoms with Crippen LogP contribution in [-0.4, -0.2) is 16.0 Å². The summed E-state index contributed by atoms with van der Waals surface area (Å²) in [6, 6.07) is 0.450. The van der Waals surface area contributed by atoms with E-state index >= 15 is 0 Å². The van der Waals surface area contributed by atoms with Crippen molar-refractivity contribution >= 4 is 23.4 Å². The van der Waals surface area contributed by atoms with Crippen LogP contribution in [-0.2, 0) is 0 Å². The largest absolute Gasteiger partial charge is 0.366 e. The Bertz CT molecular complexity index is 404. The molecule has 1 saturated carbocycles. The van der Waals surface area contributed by atoms with Crippen molar-refractivity contribution in [3.63, 3.8) is 0 Å². The maximum absolute atomic E-state index is 6.09. The number of hydrogen-bond donors (Lipinski definition) is 3. The Balaban J connectivity index is 1.91. The van der Waals surface area contributed by atoms with E-state index < -0.39 is 0 Å². The standard InChI is InChI=1S/C13H22ClN5/c1-2-3-9-4-6-10(7-5-9)17-12-11(14)8-16-13(18-12)19-15/h8-10H,2-7,15H2,1H3,(H2,16,17,18,19). The number of nitrogens with zero attached hydrogens (tertiary/aromatic N) is 2. The molecule has 0 aromatic carbocycles. The fourth-order valence-electron chi connectivity index (χ4n) is 2.73. The summed E-state index contributed by atoms with van der Waals surface area (Å²) in [5.74, 6) is 7.25. The molecule has 4 N–H and O–H groups in total. The first-order valence-electron chi connectivity index (χ1n) is 6.98. The second kappa shape index (κ2) is 6.91. The van der Waals surface area contributed by atoms with Crippen LogP contribution in [0.5, 0.6) is 0 Å². The first-order chi connectivity index (χ1) is 9.22. The van der Waals surface area contributed by atoms with Crippen molar-refractivity contribution in [2.24, 2.45) is 11.8 Å². The highest BCUT2D eigenvalue weighted by Gasteiger charge is 2.21. The Morgan fingerprint density at radius 1 is 1.37 bits per heavy atom. The fourth-order valence-corrected chi connectivity index (χ4v) is 2.88. The highest BCUT2D eigenvalue weighted by atomic mass is 35.5. The molecular formula is C13H22ClN5. The van der Waals surface area contributed by atoms with Gasteiger partial charge in [-0.1, -0.05) is 31.4 Å². The normalized spacial score (nSPS) is 23.1. The molecule has 0 radical (unpaired) electrons. The second-order valence-electron chi connectivity index (χ2n) is 5.19. The molecule has 0 spiro atoms. The molecule has 1 heterocycles. The van der Waals surface area contributed by atoms with E-state index in [0.29, 0.717) is 22.8 Å². The van der Waals surface area contributed by atoms with E-state index in [2.05, 4.69) is 27.6 Å². The number of nitrogens with two attached hydrogens (primary N) is 1. The van der Waals surface area contributed by atoms with Crippen molar-refractivity contribution in [1.29, 1.82) is 0 Å². The Hall–Kier alpha value is -1.07. The third kappa shape index (κ3) is 3.94. The zero-order valence-corrected chi connectivity index (χ0v) is 12.1. The van der Waals surface area contributed by atoms with Gasteiger partial charge in [-0.2, -0.15) is 4.98 Å². The molecule has 1 fully saturated rings. The third-order valence-corrected chi connectivity index (χ3v) is 4.03. The van der Waals surface area contributed by atoms with Gasteiger partial charge in [-0.05, 0) is 31.6 Å². The lowest BCUT2D eigenvalue weighted by atomic mass is 9.83. The number of rotatable bonds is 5. The predicted molar refractivity (Wildman–Crippen MR) is 79.1 cm³/mol. The molecule has 106 valence electrons. The average Bonchev–Trinajstić information content (AvgIpc) is 2.44. The van der Waals surface area contributed by atoms with Crippen molar-refractivity contribution < 1.29 is 0 Å². The van der Waals surface area contributed by atoms with E-state index in [1.807, 2.05) is 0 Å². The van der Waals surface area contributed by atoms with Crippen LogP contribution < -0.4 is 16.6 Å². The van der Waals surface area contributed by atoms with Crippen LogP contribution in [0.25, 0.3) is 0 Å². The second-order valence-corrected chi connectivity index (χ2v) is 5.59. The number of halogens is 1. The van der Waals surface area contributed by atoms with Gasteiger partial charge >= 0.3 is 0 Å². The smallest absolute Gasteiger partial charge is 0.239 e. The Kier molecular flexibility index (Phi) is 5.22. The Morgan fingerprint density at radius 2 is 2.11 bits per heavy atom. The van der Waals surface area contributed by atoms with Crippen molar-refractivity contribution in [2.75, 3.05) is 10.7 Å². The fraction of sp³-hybridized carbons (Fsp3) is 0.692. The molecule has 0 atom stereocenters. The molecule has 0 unspecified atom stereocenters. The lowest BCUT2D eigenvalue weighted by Crippen LogP contribution is -2.27. The highest BCUT2D eigenvalue weighted by Crippen LogP contribution is 2.30. The predicted octanol–water partition coefficient (Wildman–Crippen LogP) is 3.19. The summed E-state index contributed by atoms with van der Waals surface area (Å²) >= 11 is 6.09.